The molecule has 0 saturated carbocycles. The van der Waals surface area contributed by atoms with Crippen molar-refractivity contribution in [3.8, 4) is 12.3 Å². The van der Waals surface area contributed by atoms with E-state index in [0.29, 0.717) is 12.6 Å². The molecule has 0 aromatic carbocycles. The van der Waals surface area contributed by atoms with E-state index in [1.165, 1.54) is 0 Å². The minimum atomic E-state index is -0.174. The molecule has 0 atom stereocenters. The first-order valence-electron chi connectivity index (χ1n) is 4.68. The van der Waals surface area contributed by atoms with Crippen molar-refractivity contribution in [1.82, 2.24) is 10.6 Å². The summed E-state index contributed by atoms with van der Waals surface area (Å²) in [6.07, 6.45) is 4.97. The van der Waals surface area contributed by atoms with E-state index in [1.54, 1.807) is 0 Å². The van der Waals surface area contributed by atoms with Crippen LogP contribution in [-0.4, -0.2) is 38.3 Å². The van der Waals surface area contributed by atoms with Crippen molar-refractivity contribution in [2.24, 2.45) is 0 Å². The molecule has 0 unspecified atom stereocenters. The lowest BCUT2D eigenvalue weighted by Gasteiger charge is -2.08. The highest BCUT2D eigenvalue weighted by molar-refractivity contribution is 5.77. The molecular formula is C10H18N2O2. The van der Waals surface area contributed by atoms with Crippen molar-refractivity contribution in [3.05, 3.63) is 0 Å². The van der Waals surface area contributed by atoms with E-state index in [0.717, 1.165) is 6.54 Å². The fourth-order valence-corrected chi connectivity index (χ4v) is 0.785. The molecule has 0 bridgehead atoms. The lowest BCUT2D eigenvalue weighted by Crippen LogP contribution is -2.31. The SMILES string of the molecule is C#CCNC(=O)COCCNC(C)C. The molecule has 0 aliphatic rings. The molecule has 2 N–H and O–H groups in total. The molecule has 0 heterocycles. The zero-order valence-electron chi connectivity index (χ0n) is 8.80. The summed E-state index contributed by atoms with van der Waals surface area (Å²) < 4.78 is 5.10. The maximum absolute atomic E-state index is 10.9. The lowest BCUT2D eigenvalue weighted by molar-refractivity contribution is -0.125. The predicted molar refractivity (Wildman–Crippen MR) is 55.8 cm³/mol. The third-order valence-electron chi connectivity index (χ3n) is 1.42. The van der Waals surface area contributed by atoms with Gasteiger partial charge in [0.1, 0.15) is 6.61 Å². The Bertz CT molecular complexity index is 197. The molecule has 0 spiro atoms. The zero-order chi connectivity index (χ0) is 10.8. The van der Waals surface area contributed by atoms with E-state index in [-0.39, 0.29) is 19.1 Å². The number of nitrogens with one attached hydrogen (secondary N) is 2. The van der Waals surface area contributed by atoms with Crippen LogP contribution in [0.15, 0.2) is 0 Å². The minimum Gasteiger partial charge on any atom is -0.370 e. The highest BCUT2D eigenvalue weighted by atomic mass is 16.5. The molecule has 0 aromatic heterocycles. The monoisotopic (exact) mass is 198 g/mol. The Morgan fingerprint density at radius 1 is 1.57 bits per heavy atom. The van der Waals surface area contributed by atoms with Crippen LogP contribution in [0.5, 0.6) is 0 Å². The summed E-state index contributed by atoms with van der Waals surface area (Å²) in [5, 5.41) is 5.68. The van der Waals surface area contributed by atoms with E-state index in [2.05, 4.69) is 30.4 Å². The minimum absolute atomic E-state index is 0.0709. The van der Waals surface area contributed by atoms with Crippen LogP contribution in [0, 0.1) is 12.3 Å². The van der Waals surface area contributed by atoms with E-state index in [4.69, 9.17) is 11.2 Å². The number of rotatable bonds is 7. The summed E-state index contributed by atoms with van der Waals surface area (Å²) >= 11 is 0. The Balaban J connectivity index is 3.20. The second-order valence-electron chi connectivity index (χ2n) is 3.14. The normalized spacial score (nSPS) is 9.86. The number of hydrogen-bond acceptors (Lipinski definition) is 3. The molecule has 0 fully saturated rings. The standard InChI is InChI=1S/C10H18N2O2/c1-4-5-12-10(13)8-14-7-6-11-9(2)3/h1,9,11H,5-8H2,2-3H3,(H,12,13). The molecule has 4 nitrogen and oxygen atoms in total. The molecule has 1 amide bonds. The van der Waals surface area contributed by atoms with E-state index in [9.17, 15) is 4.79 Å². The highest BCUT2D eigenvalue weighted by Crippen LogP contribution is 1.77. The van der Waals surface area contributed by atoms with Crippen LogP contribution in [0.2, 0.25) is 0 Å². The Labute approximate surface area is 85.4 Å². The van der Waals surface area contributed by atoms with Gasteiger partial charge in [-0.15, -0.1) is 6.42 Å². The topological polar surface area (TPSA) is 50.4 Å². The highest BCUT2D eigenvalue weighted by Gasteiger charge is 1.98. The van der Waals surface area contributed by atoms with Crippen LogP contribution in [0.4, 0.5) is 0 Å². The smallest absolute Gasteiger partial charge is 0.246 e. The van der Waals surface area contributed by atoms with Gasteiger partial charge in [0.2, 0.25) is 5.91 Å². The first-order valence-corrected chi connectivity index (χ1v) is 4.68. The van der Waals surface area contributed by atoms with E-state index in [1.807, 2.05) is 0 Å². The van der Waals surface area contributed by atoms with Crippen LogP contribution >= 0.6 is 0 Å². The van der Waals surface area contributed by atoms with Gasteiger partial charge < -0.3 is 15.4 Å². The predicted octanol–water partition coefficient (Wildman–Crippen LogP) is -0.250. The van der Waals surface area contributed by atoms with E-state index >= 15 is 0 Å². The number of ether oxygens (including phenoxy) is 1. The number of terminal acetylenes is 1. The van der Waals surface area contributed by atoms with Crippen molar-refractivity contribution < 1.29 is 9.53 Å². The number of carbonyl (C=O) groups excluding carboxylic acids is 1. The van der Waals surface area contributed by atoms with Crippen LogP contribution in [0.3, 0.4) is 0 Å². The fraction of sp³-hybridized carbons (Fsp3) is 0.700. The maximum atomic E-state index is 10.9. The van der Waals surface area contributed by atoms with Gasteiger partial charge >= 0.3 is 0 Å². The summed E-state index contributed by atoms with van der Waals surface area (Å²) in [5.41, 5.74) is 0. The van der Waals surface area contributed by atoms with Gasteiger partial charge in [-0.05, 0) is 0 Å². The summed E-state index contributed by atoms with van der Waals surface area (Å²) in [7, 11) is 0. The Morgan fingerprint density at radius 2 is 2.29 bits per heavy atom. The lowest BCUT2D eigenvalue weighted by atomic mass is 10.4. The van der Waals surface area contributed by atoms with E-state index < -0.39 is 0 Å². The molecule has 0 aliphatic carbocycles. The van der Waals surface area contributed by atoms with Crippen LogP contribution in [0.1, 0.15) is 13.8 Å². The Morgan fingerprint density at radius 3 is 2.86 bits per heavy atom. The summed E-state index contributed by atoms with van der Waals surface area (Å²) in [6, 6.07) is 0.439. The Hall–Kier alpha value is -1.05. The molecule has 0 radical (unpaired) electrons. The first-order chi connectivity index (χ1) is 6.66. The van der Waals surface area contributed by atoms with Gasteiger partial charge in [-0.3, -0.25) is 4.79 Å². The molecule has 80 valence electrons. The summed E-state index contributed by atoms with van der Waals surface area (Å²) in [6.45, 7) is 5.72. The average Bonchev–Trinajstić information content (AvgIpc) is 2.13. The van der Waals surface area contributed by atoms with Gasteiger partial charge in [0.15, 0.2) is 0 Å². The molecular weight excluding hydrogens is 180 g/mol. The zero-order valence-corrected chi connectivity index (χ0v) is 8.80. The second-order valence-corrected chi connectivity index (χ2v) is 3.14. The van der Waals surface area contributed by atoms with Crippen molar-refractivity contribution >= 4 is 5.91 Å². The third-order valence-corrected chi connectivity index (χ3v) is 1.42. The van der Waals surface area contributed by atoms with Gasteiger partial charge in [0.05, 0.1) is 13.2 Å². The molecule has 4 heteroatoms. The van der Waals surface area contributed by atoms with Gasteiger partial charge in [0, 0.05) is 12.6 Å². The average molecular weight is 198 g/mol. The van der Waals surface area contributed by atoms with Crippen molar-refractivity contribution in [3.63, 3.8) is 0 Å². The number of carbonyl (C=O) groups is 1. The van der Waals surface area contributed by atoms with Gasteiger partial charge in [-0.2, -0.15) is 0 Å². The quantitative estimate of drug-likeness (QED) is 0.438. The molecule has 0 aliphatic heterocycles. The van der Waals surface area contributed by atoms with Gasteiger partial charge in [0.25, 0.3) is 0 Å². The van der Waals surface area contributed by atoms with Crippen molar-refractivity contribution in [2.45, 2.75) is 19.9 Å². The largest absolute Gasteiger partial charge is 0.370 e. The second kappa shape index (κ2) is 8.54. The van der Waals surface area contributed by atoms with Gasteiger partial charge in [-0.1, -0.05) is 19.8 Å². The summed E-state index contributed by atoms with van der Waals surface area (Å²) in [4.78, 5) is 10.9. The molecule has 0 aromatic rings. The van der Waals surface area contributed by atoms with Crippen LogP contribution < -0.4 is 10.6 Å². The van der Waals surface area contributed by atoms with Crippen molar-refractivity contribution in [1.29, 1.82) is 0 Å². The first kappa shape index (κ1) is 12.9. The fourth-order valence-electron chi connectivity index (χ4n) is 0.785. The number of amides is 1. The maximum Gasteiger partial charge on any atom is 0.246 e. The van der Waals surface area contributed by atoms with Crippen molar-refractivity contribution in [2.75, 3.05) is 26.3 Å². The molecule has 0 saturated heterocycles. The molecule has 14 heavy (non-hydrogen) atoms. The summed E-state index contributed by atoms with van der Waals surface area (Å²) in [5.74, 6) is 2.14. The van der Waals surface area contributed by atoms with Crippen LogP contribution in [0.25, 0.3) is 0 Å². The number of hydrogen-bond donors (Lipinski definition) is 2. The van der Waals surface area contributed by atoms with Crippen LogP contribution in [-0.2, 0) is 9.53 Å². The molecule has 0 rings (SSSR count). The third kappa shape index (κ3) is 9.04. The van der Waals surface area contributed by atoms with Gasteiger partial charge in [-0.25, -0.2) is 0 Å². The Kier molecular flexibility index (Phi) is 7.90.